The van der Waals surface area contributed by atoms with Crippen molar-refractivity contribution in [3.8, 4) is 0 Å². The van der Waals surface area contributed by atoms with Crippen LogP contribution in [0.1, 0.15) is 18.1 Å². The maximum atomic E-state index is 11.4. The highest BCUT2D eigenvalue weighted by atomic mass is 16.5. The van der Waals surface area contributed by atoms with Crippen LogP contribution in [-0.2, 0) is 9.53 Å². The number of rotatable bonds is 1. The Balaban J connectivity index is 1.94. The van der Waals surface area contributed by atoms with E-state index in [0.717, 1.165) is 11.3 Å². The summed E-state index contributed by atoms with van der Waals surface area (Å²) in [4.78, 5) is 13.1. The zero-order chi connectivity index (χ0) is 10.3. The van der Waals surface area contributed by atoms with E-state index in [-0.39, 0.29) is 12.0 Å². The second-order valence-electron chi connectivity index (χ2n) is 3.74. The minimum atomic E-state index is -0.0577. The standard InChI is InChI=1S/C12H11NO2/c14-11-7-6-10-12(15-8-13(10)11)9-4-2-1-3-5-9/h1-6,12H,7-8H2. The molecule has 3 rings (SSSR count). The monoisotopic (exact) mass is 201 g/mol. The maximum absolute atomic E-state index is 11.4. The van der Waals surface area contributed by atoms with E-state index in [4.69, 9.17) is 4.74 Å². The van der Waals surface area contributed by atoms with Gasteiger partial charge >= 0.3 is 0 Å². The Bertz CT molecular complexity index is 425. The van der Waals surface area contributed by atoms with Gasteiger partial charge in [0.05, 0.1) is 5.70 Å². The van der Waals surface area contributed by atoms with Crippen LogP contribution in [0.5, 0.6) is 0 Å². The van der Waals surface area contributed by atoms with E-state index in [1.807, 2.05) is 36.4 Å². The molecule has 1 atom stereocenters. The number of carbonyl (C=O) groups excluding carboxylic acids is 1. The molecule has 15 heavy (non-hydrogen) atoms. The second-order valence-corrected chi connectivity index (χ2v) is 3.74. The van der Waals surface area contributed by atoms with E-state index in [1.54, 1.807) is 4.90 Å². The Hall–Kier alpha value is -1.61. The van der Waals surface area contributed by atoms with Crippen LogP contribution in [0.25, 0.3) is 0 Å². The Morgan fingerprint density at radius 3 is 2.87 bits per heavy atom. The van der Waals surface area contributed by atoms with Crippen LogP contribution >= 0.6 is 0 Å². The molecule has 0 radical (unpaired) electrons. The van der Waals surface area contributed by atoms with Crippen molar-refractivity contribution in [3.05, 3.63) is 47.7 Å². The first-order chi connectivity index (χ1) is 7.36. The van der Waals surface area contributed by atoms with E-state index < -0.39 is 0 Å². The summed E-state index contributed by atoms with van der Waals surface area (Å²) in [6, 6.07) is 10.00. The molecule has 1 aromatic carbocycles. The highest BCUT2D eigenvalue weighted by Crippen LogP contribution is 2.37. The highest BCUT2D eigenvalue weighted by Gasteiger charge is 2.36. The summed E-state index contributed by atoms with van der Waals surface area (Å²) in [7, 11) is 0. The van der Waals surface area contributed by atoms with Crippen molar-refractivity contribution >= 4 is 5.91 Å². The lowest BCUT2D eigenvalue weighted by molar-refractivity contribution is -0.128. The van der Waals surface area contributed by atoms with Crippen molar-refractivity contribution in [3.63, 3.8) is 0 Å². The van der Waals surface area contributed by atoms with Crippen LogP contribution in [0.15, 0.2) is 42.1 Å². The van der Waals surface area contributed by atoms with Crippen molar-refractivity contribution in [1.82, 2.24) is 4.90 Å². The molecule has 1 amide bonds. The number of carbonyl (C=O) groups is 1. The van der Waals surface area contributed by atoms with Gasteiger partial charge in [0.2, 0.25) is 5.91 Å². The normalized spacial score (nSPS) is 24.3. The predicted molar refractivity (Wildman–Crippen MR) is 54.7 cm³/mol. The first-order valence-electron chi connectivity index (χ1n) is 5.03. The van der Waals surface area contributed by atoms with E-state index in [0.29, 0.717) is 13.2 Å². The molecular formula is C12H11NO2. The first kappa shape index (κ1) is 8.68. The van der Waals surface area contributed by atoms with Gasteiger partial charge in [-0.1, -0.05) is 36.4 Å². The number of amides is 1. The third-order valence-electron chi connectivity index (χ3n) is 2.84. The van der Waals surface area contributed by atoms with Crippen LogP contribution in [0.4, 0.5) is 0 Å². The van der Waals surface area contributed by atoms with Gasteiger partial charge in [-0.3, -0.25) is 9.69 Å². The molecular weight excluding hydrogens is 190 g/mol. The molecule has 2 heterocycles. The molecule has 0 spiro atoms. The number of hydrogen-bond acceptors (Lipinski definition) is 2. The SMILES string of the molecule is O=C1CC=C2C(c3ccccc3)OCN12. The fraction of sp³-hybridized carbons (Fsp3) is 0.250. The Kier molecular flexibility index (Phi) is 1.86. The minimum absolute atomic E-state index is 0.0577. The molecule has 1 aromatic rings. The van der Waals surface area contributed by atoms with Crippen LogP contribution in [0.2, 0.25) is 0 Å². The number of benzene rings is 1. The number of nitrogens with zero attached hydrogens (tertiary/aromatic N) is 1. The summed E-state index contributed by atoms with van der Waals surface area (Å²) < 4.78 is 5.61. The van der Waals surface area contributed by atoms with Gasteiger partial charge in [0.1, 0.15) is 12.8 Å². The predicted octanol–water partition coefficient (Wildman–Crippen LogP) is 1.83. The molecule has 1 unspecified atom stereocenters. The van der Waals surface area contributed by atoms with Crippen molar-refractivity contribution in [2.75, 3.05) is 6.73 Å². The summed E-state index contributed by atoms with van der Waals surface area (Å²) in [6.45, 7) is 0.393. The van der Waals surface area contributed by atoms with Gasteiger partial charge in [0, 0.05) is 6.42 Å². The van der Waals surface area contributed by atoms with E-state index in [9.17, 15) is 4.79 Å². The van der Waals surface area contributed by atoms with Gasteiger partial charge in [-0.25, -0.2) is 0 Å². The number of ether oxygens (including phenoxy) is 1. The molecule has 0 bridgehead atoms. The zero-order valence-corrected chi connectivity index (χ0v) is 8.22. The largest absolute Gasteiger partial charge is 0.346 e. The lowest BCUT2D eigenvalue weighted by Crippen LogP contribution is -2.21. The van der Waals surface area contributed by atoms with Gasteiger partial charge in [-0.05, 0) is 5.56 Å². The van der Waals surface area contributed by atoms with Crippen molar-refractivity contribution in [2.24, 2.45) is 0 Å². The Labute approximate surface area is 88.0 Å². The van der Waals surface area contributed by atoms with E-state index in [2.05, 4.69) is 0 Å². The summed E-state index contributed by atoms with van der Waals surface area (Å²) in [5.41, 5.74) is 2.12. The van der Waals surface area contributed by atoms with Gasteiger partial charge in [-0.2, -0.15) is 0 Å². The molecule has 3 nitrogen and oxygen atoms in total. The average Bonchev–Trinajstić information content (AvgIpc) is 2.83. The fourth-order valence-corrected chi connectivity index (χ4v) is 2.08. The molecule has 76 valence electrons. The van der Waals surface area contributed by atoms with Gasteiger partial charge in [-0.15, -0.1) is 0 Å². The maximum Gasteiger partial charge on any atom is 0.232 e. The van der Waals surface area contributed by atoms with Crippen LogP contribution in [0.3, 0.4) is 0 Å². The third-order valence-corrected chi connectivity index (χ3v) is 2.84. The van der Waals surface area contributed by atoms with Gasteiger partial charge in [0.25, 0.3) is 0 Å². The van der Waals surface area contributed by atoms with Crippen LogP contribution in [-0.4, -0.2) is 17.5 Å². The van der Waals surface area contributed by atoms with Gasteiger partial charge < -0.3 is 4.74 Å². The highest BCUT2D eigenvalue weighted by molar-refractivity contribution is 5.83. The topological polar surface area (TPSA) is 29.5 Å². The quantitative estimate of drug-likeness (QED) is 0.693. The molecule has 1 saturated heterocycles. The molecule has 0 aliphatic carbocycles. The van der Waals surface area contributed by atoms with Crippen molar-refractivity contribution in [2.45, 2.75) is 12.5 Å². The average molecular weight is 201 g/mol. The lowest BCUT2D eigenvalue weighted by Gasteiger charge is -2.11. The van der Waals surface area contributed by atoms with Crippen LogP contribution < -0.4 is 0 Å². The summed E-state index contributed by atoms with van der Waals surface area (Å²) in [6.07, 6.45) is 2.42. The first-order valence-corrected chi connectivity index (χ1v) is 5.03. The fourth-order valence-electron chi connectivity index (χ4n) is 2.08. The minimum Gasteiger partial charge on any atom is -0.346 e. The second kappa shape index (κ2) is 3.21. The summed E-state index contributed by atoms with van der Waals surface area (Å²) in [5, 5.41) is 0. The Morgan fingerprint density at radius 2 is 2.07 bits per heavy atom. The summed E-state index contributed by atoms with van der Waals surface area (Å²) in [5.74, 6) is 0.142. The molecule has 0 aromatic heterocycles. The lowest BCUT2D eigenvalue weighted by atomic mass is 10.1. The molecule has 2 aliphatic rings. The summed E-state index contributed by atoms with van der Waals surface area (Å²) >= 11 is 0. The number of hydrogen-bond donors (Lipinski definition) is 0. The number of fused-ring (bicyclic) bond motifs is 1. The molecule has 0 saturated carbocycles. The Morgan fingerprint density at radius 1 is 1.27 bits per heavy atom. The van der Waals surface area contributed by atoms with Crippen molar-refractivity contribution in [1.29, 1.82) is 0 Å². The zero-order valence-electron chi connectivity index (χ0n) is 8.22. The van der Waals surface area contributed by atoms with E-state index in [1.165, 1.54) is 0 Å². The molecule has 3 heteroatoms. The smallest absolute Gasteiger partial charge is 0.232 e. The third kappa shape index (κ3) is 1.27. The van der Waals surface area contributed by atoms with Crippen LogP contribution in [0, 0.1) is 0 Å². The van der Waals surface area contributed by atoms with Gasteiger partial charge in [0.15, 0.2) is 0 Å². The molecule has 0 N–H and O–H groups in total. The molecule has 1 fully saturated rings. The van der Waals surface area contributed by atoms with E-state index >= 15 is 0 Å². The van der Waals surface area contributed by atoms with Crippen molar-refractivity contribution < 1.29 is 9.53 Å². The molecule has 2 aliphatic heterocycles.